The fourth-order valence-corrected chi connectivity index (χ4v) is 1.62. The van der Waals surface area contributed by atoms with Crippen LogP contribution in [0.1, 0.15) is 5.56 Å². The van der Waals surface area contributed by atoms with E-state index in [4.69, 9.17) is 15.0 Å². The molecule has 0 amide bonds. The van der Waals surface area contributed by atoms with Gasteiger partial charge in [-0.25, -0.2) is 0 Å². The van der Waals surface area contributed by atoms with Crippen LogP contribution in [0, 0.1) is 0 Å². The average molecular weight is 260 g/mol. The summed E-state index contributed by atoms with van der Waals surface area (Å²) in [5.74, 6) is -1.13. The lowest BCUT2D eigenvalue weighted by atomic mass is 10.0. The van der Waals surface area contributed by atoms with Crippen LogP contribution in [0.15, 0.2) is 30.3 Å². The van der Waals surface area contributed by atoms with Gasteiger partial charge in [0.15, 0.2) is 0 Å². The van der Waals surface area contributed by atoms with Gasteiger partial charge in [0, 0.05) is 0 Å². The molecule has 98 valence electrons. The zero-order valence-corrected chi connectivity index (χ0v) is 10.1. The smallest absolute Gasteiger partial charge is 0.326 e. The summed E-state index contributed by atoms with van der Waals surface area (Å²) in [4.78, 5) is 25.9. The van der Waals surface area contributed by atoms with E-state index in [2.05, 4.69) is 4.79 Å². The van der Waals surface area contributed by atoms with Crippen LogP contribution in [0.4, 0.5) is 0 Å². The number of benzene rings is 1. The molecule has 1 atom stereocenters. The normalized spacial score (nSPS) is 20.4. The van der Waals surface area contributed by atoms with Crippen molar-refractivity contribution in [3.05, 3.63) is 41.4 Å². The Hall–Kier alpha value is -2.14. The molecular weight excluding hydrogens is 248 g/mol. The Morgan fingerprint density at radius 1 is 1.42 bits per heavy atom. The summed E-state index contributed by atoms with van der Waals surface area (Å²) in [5, 5.41) is 0. The van der Waals surface area contributed by atoms with Crippen LogP contribution in [0.25, 0.3) is 5.53 Å². The molecule has 1 heterocycles. The van der Waals surface area contributed by atoms with Crippen molar-refractivity contribution in [2.45, 2.75) is 12.2 Å². The summed E-state index contributed by atoms with van der Waals surface area (Å²) in [6.07, 6.45) is 0.669. The van der Waals surface area contributed by atoms with Gasteiger partial charge < -0.3 is 15.0 Å². The molecule has 1 aromatic carbocycles. The highest BCUT2D eigenvalue weighted by molar-refractivity contribution is 6.37. The summed E-state index contributed by atoms with van der Waals surface area (Å²) in [6.45, 7) is 0.0657. The van der Waals surface area contributed by atoms with E-state index < -0.39 is 17.2 Å². The van der Waals surface area contributed by atoms with Crippen LogP contribution < -0.4 is 0 Å². The number of rotatable bonds is 7. The fourth-order valence-electron chi connectivity index (χ4n) is 1.62. The summed E-state index contributed by atoms with van der Waals surface area (Å²) in [7, 11) is 0. The van der Waals surface area contributed by atoms with Gasteiger partial charge in [-0.15, -0.1) is 0 Å². The largest absolute Gasteiger partial charge is 0.369 e. The van der Waals surface area contributed by atoms with Gasteiger partial charge in [0.1, 0.15) is 6.61 Å². The van der Waals surface area contributed by atoms with E-state index >= 15 is 0 Å². The lowest BCUT2D eigenvalue weighted by molar-refractivity contribution is -0.136. The van der Waals surface area contributed by atoms with Gasteiger partial charge in [-0.3, -0.25) is 9.59 Å². The molecular formula is C13H12N2O4. The van der Waals surface area contributed by atoms with E-state index in [-0.39, 0.29) is 19.8 Å². The molecule has 0 aromatic heterocycles. The number of ether oxygens (including phenoxy) is 2. The maximum absolute atomic E-state index is 11.8. The first-order chi connectivity index (χ1) is 9.19. The molecule has 0 spiro atoms. The van der Waals surface area contributed by atoms with Gasteiger partial charge in [-0.05, 0) is 5.56 Å². The van der Waals surface area contributed by atoms with Crippen molar-refractivity contribution < 1.29 is 23.9 Å². The van der Waals surface area contributed by atoms with Crippen molar-refractivity contribution in [2.24, 2.45) is 0 Å². The summed E-state index contributed by atoms with van der Waals surface area (Å²) in [6, 6.07) is 9.37. The molecule has 0 radical (unpaired) electrons. The minimum Gasteiger partial charge on any atom is -0.369 e. The first-order valence-corrected chi connectivity index (χ1v) is 5.70. The minimum absolute atomic E-state index is 0.00534. The maximum Gasteiger partial charge on any atom is 0.326 e. The molecule has 6 nitrogen and oxygen atoms in total. The highest BCUT2D eigenvalue weighted by Crippen LogP contribution is 2.28. The third-order valence-electron chi connectivity index (χ3n) is 2.80. The quantitative estimate of drug-likeness (QED) is 0.233. The lowest BCUT2D eigenvalue weighted by Crippen LogP contribution is -2.38. The average Bonchev–Trinajstić information content (AvgIpc) is 3.22. The van der Waals surface area contributed by atoms with Crippen LogP contribution >= 0.6 is 0 Å². The Bertz CT molecular complexity index is 531. The monoisotopic (exact) mass is 260 g/mol. The van der Waals surface area contributed by atoms with Gasteiger partial charge in [-0.2, -0.15) is 4.79 Å². The first kappa shape index (κ1) is 13.3. The number of carbonyl (C=O) groups is 2. The highest BCUT2D eigenvalue weighted by Gasteiger charge is 2.59. The van der Waals surface area contributed by atoms with Crippen LogP contribution in [0.5, 0.6) is 0 Å². The molecule has 0 bridgehead atoms. The third kappa shape index (κ3) is 3.00. The molecule has 0 unspecified atom stereocenters. The molecule has 1 fully saturated rings. The van der Waals surface area contributed by atoms with E-state index in [0.29, 0.717) is 6.21 Å². The molecule has 1 saturated heterocycles. The minimum atomic E-state index is -1.50. The number of epoxide rings is 1. The summed E-state index contributed by atoms with van der Waals surface area (Å²) >= 11 is 0. The summed E-state index contributed by atoms with van der Waals surface area (Å²) < 4.78 is 10.1. The molecule has 0 N–H and O–H groups in total. The zero-order chi connectivity index (χ0) is 13.7. The van der Waals surface area contributed by atoms with Crippen LogP contribution in [-0.2, 0) is 25.7 Å². The second-order valence-electron chi connectivity index (χ2n) is 4.13. The molecule has 2 rings (SSSR count). The number of Topliss-reactive ketones (excluding diaryl/α,β-unsaturated/α-hetero) is 2. The van der Waals surface area contributed by atoms with Gasteiger partial charge in [0.05, 0.1) is 13.2 Å². The second kappa shape index (κ2) is 5.67. The van der Waals surface area contributed by atoms with Crippen molar-refractivity contribution in [3.8, 4) is 0 Å². The van der Waals surface area contributed by atoms with Gasteiger partial charge in [0.2, 0.25) is 11.4 Å². The van der Waals surface area contributed by atoms with Gasteiger partial charge in [0.25, 0.3) is 5.78 Å². The summed E-state index contributed by atoms with van der Waals surface area (Å²) in [5.41, 5.74) is 7.72. The Morgan fingerprint density at radius 3 is 2.68 bits per heavy atom. The van der Waals surface area contributed by atoms with E-state index in [1.165, 1.54) is 0 Å². The predicted molar refractivity (Wildman–Crippen MR) is 64.5 cm³/mol. The SMILES string of the molecule is [N-]=[N+]=CC(=O)[C@]1(C(=O)COCc2ccccc2)CO1. The van der Waals surface area contributed by atoms with E-state index in [0.717, 1.165) is 5.56 Å². The number of hydrogen-bond acceptors (Lipinski definition) is 4. The topological polar surface area (TPSA) is 92.3 Å². The maximum atomic E-state index is 11.8. The first-order valence-electron chi connectivity index (χ1n) is 5.70. The van der Waals surface area contributed by atoms with Gasteiger partial charge in [-0.1, -0.05) is 30.3 Å². The molecule has 1 aliphatic heterocycles. The van der Waals surface area contributed by atoms with Crippen molar-refractivity contribution in [1.29, 1.82) is 0 Å². The van der Waals surface area contributed by atoms with E-state index in [1.807, 2.05) is 30.3 Å². The number of nitrogens with zero attached hydrogens (tertiary/aromatic N) is 2. The zero-order valence-electron chi connectivity index (χ0n) is 10.1. The number of ketones is 2. The predicted octanol–water partition coefficient (Wildman–Crippen LogP) is 0.411. The van der Waals surface area contributed by atoms with Crippen LogP contribution in [0.2, 0.25) is 0 Å². The third-order valence-corrected chi connectivity index (χ3v) is 2.80. The molecule has 6 heteroatoms. The van der Waals surface area contributed by atoms with E-state index in [9.17, 15) is 9.59 Å². The lowest BCUT2D eigenvalue weighted by Gasteiger charge is -2.06. The van der Waals surface area contributed by atoms with Crippen molar-refractivity contribution >= 4 is 17.8 Å². The fraction of sp³-hybridized carbons (Fsp3) is 0.308. The Balaban J connectivity index is 1.85. The molecule has 1 aromatic rings. The van der Waals surface area contributed by atoms with Gasteiger partial charge >= 0.3 is 6.21 Å². The molecule has 0 saturated carbocycles. The van der Waals surface area contributed by atoms with Crippen molar-refractivity contribution in [1.82, 2.24) is 0 Å². The van der Waals surface area contributed by atoms with Crippen LogP contribution in [-0.4, -0.2) is 41.4 Å². The Morgan fingerprint density at radius 2 is 2.11 bits per heavy atom. The van der Waals surface area contributed by atoms with Crippen LogP contribution in [0.3, 0.4) is 0 Å². The molecule has 1 aliphatic rings. The second-order valence-corrected chi connectivity index (χ2v) is 4.13. The Labute approximate surface area is 109 Å². The van der Waals surface area contributed by atoms with Crippen molar-refractivity contribution in [3.63, 3.8) is 0 Å². The highest BCUT2D eigenvalue weighted by atomic mass is 16.6. The standard InChI is InChI=1S/C13H12N2O4/c14-15-6-11(16)13(9-19-13)12(17)8-18-7-10-4-2-1-3-5-10/h1-6H,7-9H2/t13-/m0/s1. The number of hydrogen-bond donors (Lipinski definition) is 0. The number of carbonyl (C=O) groups excluding carboxylic acids is 2. The van der Waals surface area contributed by atoms with Crippen molar-refractivity contribution in [2.75, 3.05) is 13.2 Å². The van der Waals surface area contributed by atoms with E-state index in [1.54, 1.807) is 0 Å². The Kier molecular flexibility index (Phi) is 3.97. The molecule has 0 aliphatic carbocycles. The molecule has 19 heavy (non-hydrogen) atoms.